The largest absolute Gasteiger partial charge is 0.477 e. The quantitative estimate of drug-likeness (QED) is 0.366. The molecule has 1 amide bonds. The van der Waals surface area contributed by atoms with E-state index in [0.717, 1.165) is 5.56 Å². The summed E-state index contributed by atoms with van der Waals surface area (Å²) in [5.41, 5.74) is 4.35. The van der Waals surface area contributed by atoms with Gasteiger partial charge in [-0.15, -0.1) is 5.10 Å². The van der Waals surface area contributed by atoms with E-state index < -0.39 is 6.09 Å². The Morgan fingerprint density at radius 3 is 2.31 bits per heavy atom. The Balaban J connectivity index is 2.22. The molecule has 0 aliphatic rings. The maximum absolute atomic E-state index is 11.6. The van der Waals surface area contributed by atoms with Crippen LogP contribution in [0.25, 0.3) is 11.3 Å². The van der Waals surface area contributed by atoms with Crippen LogP contribution in [0.5, 0.6) is 0 Å². The van der Waals surface area contributed by atoms with Gasteiger partial charge < -0.3 is 13.9 Å². The molecule has 1 heterocycles. The number of furan rings is 1. The van der Waals surface area contributed by atoms with Crippen molar-refractivity contribution in [1.82, 2.24) is 5.43 Å². The minimum absolute atomic E-state index is 0.0371. The molecule has 0 bridgehead atoms. The molecule has 0 spiro atoms. The van der Waals surface area contributed by atoms with Crippen LogP contribution in [0.15, 0.2) is 39.9 Å². The van der Waals surface area contributed by atoms with E-state index in [1.807, 2.05) is 19.1 Å². The van der Waals surface area contributed by atoms with Gasteiger partial charge in [0.05, 0.1) is 18.8 Å². The second-order valence-corrected chi connectivity index (χ2v) is 5.40. The highest BCUT2D eigenvalue weighted by Gasteiger charge is 2.13. The Morgan fingerprint density at radius 1 is 1.12 bits per heavy atom. The second kappa shape index (κ2) is 8.84. The summed E-state index contributed by atoms with van der Waals surface area (Å²) < 4.78 is 15.9. The molecule has 0 saturated carbocycles. The van der Waals surface area contributed by atoms with Crippen LogP contribution in [-0.2, 0) is 9.47 Å². The number of benzene rings is 1. The Kier molecular flexibility index (Phi) is 6.54. The summed E-state index contributed by atoms with van der Waals surface area (Å²) >= 11 is 0. The molecule has 26 heavy (non-hydrogen) atoms. The molecular weight excluding hydrogens is 336 g/mol. The number of amides is 1. The number of nitrogens with zero attached hydrogens (tertiary/aromatic N) is 1. The number of hydrogen-bond acceptors (Lipinski definition) is 6. The Hall–Kier alpha value is -3.09. The van der Waals surface area contributed by atoms with Crippen LogP contribution in [-0.4, -0.2) is 31.0 Å². The third kappa shape index (κ3) is 4.72. The number of hydrogen-bond donors (Lipinski definition) is 1. The van der Waals surface area contributed by atoms with Gasteiger partial charge in [-0.3, -0.25) is 4.79 Å². The fourth-order valence-electron chi connectivity index (χ4n) is 2.33. The molecule has 1 aromatic carbocycles. The van der Waals surface area contributed by atoms with Crippen LogP contribution in [0.3, 0.4) is 0 Å². The molecular formula is C19H22N2O5. The first-order chi connectivity index (χ1) is 12.5. The molecule has 0 saturated heterocycles. The van der Waals surface area contributed by atoms with Crippen LogP contribution < -0.4 is 5.43 Å². The summed E-state index contributed by atoms with van der Waals surface area (Å²) in [5.74, 6) is 1.43. The number of aryl methyl sites for hydroxylation is 1. The van der Waals surface area contributed by atoms with Gasteiger partial charge in [-0.2, -0.15) is 0 Å². The summed E-state index contributed by atoms with van der Waals surface area (Å²) in [6, 6.07) is 8.98. The highest BCUT2D eigenvalue weighted by Crippen LogP contribution is 2.26. The summed E-state index contributed by atoms with van der Waals surface area (Å²) in [7, 11) is 0. The fraction of sp³-hybridized carbons (Fsp3) is 0.316. The van der Waals surface area contributed by atoms with Gasteiger partial charge in [-0.05, 0) is 45.9 Å². The Bertz CT molecular complexity index is 806. The highest BCUT2D eigenvalue weighted by molar-refractivity contribution is 5.97. The van der Waals surface area contributed by atoms with Crippen molar-refractivity contribution in [3.63, 3.8) is 0 Å². The van der Waals surface area contributed by atoms with Crippen LogP contribution in [0, 0.1) is 6.92 Å². The number of carbonyl (C=O) groups is 2. The van der Waals surface area contributed by atoms with Crippen molar-refractivity contribution in [3.05, 3.63) is 47.2 Å². The van der Waals surface area contributed by atoms with E-state index in [1.54, 1.807) is 32.0 Å². The van der Waals surface area contributed by atoms with Crippen molar-refractivity contribution in [2.45, 2.75) is 27.7 Å². The first-order valence-electron chi connectivity index (χ1n) is 8.31. The minimum atomic E-state index is -0.649. The molecule has 7 heteroatoms. The predicted molar refractivity (Wildman–Crippen MR) is 97.2 cm³/mol. The maximum atomic E-state index is 11.6. The van der Waals surface area contributed by atoms with E-state index in [4.69, 9.17) is 13.9 Å². The van der Waals surface area contributed by atoms with Gasteiger partial charge in [0.25, 0.3) is 0 Å². The lowest BCUT2D eigenvalue weighted by molar-refractivity contribution is 0.101. The molecule has 7 nitrogen and oxygen atoms in total. The van der Waals surface area contributed by atoms with Crippen LogP contribution in [0.2, 0.25) is 0 Å². The van der Waals surface area contributed by atoms with E-state index in [-0.39, 0.29) is 18.3 Å². The zero-order valence-electron chi connectivity index (χ0n) is 15.3. The topological polar surface area (TPSA) is 90.1 Å². The van der Waals surface area contributed by atoms with Crippen molar-refractivity contribution in [2.24, 2.45) is 5.10 Å². The lowest BCUT2D eigenvalue weighted by Gasteiger charge is -2.08. The van der Waals surface area contributed by atoms with Crippen LogP contribution in [0.4, 0.5) is 4.79 Å². The van der Waals surface area contributed by atoms with E-state index in [9.17, 15) is 9.59 Å². The lowest BCUT2D eigenvalue weighted by Crippen LogP contribution is -2.22. The summed E-state index contributed by atoms with van der Waals surface area (Å²) in [6.07, 6.45) is -0.649. The summed E-state index contributed by atoms with van der Waals surface area (Å²) in [6.45, 7) is 7.44. The SMILES string of the molecule is CCOC(=O)NN=C(OCC)c1ccc(-c2cc(C(C)=O)c(C)o2)cc1. The highest BCUT2D eigenvalue weighted by atomic mass is 16.6. The average Bonchev–Trinajstić information content (AvgIpc) is 3.01. The monoisotopic (exact) mass is 358 g/mol. The standard InChI is InChI=1S/C19H22N2O5/c1-5-24-18(20-21-19(23)25-6-2)15-9-7-14(8-10-15)17-11-16(12(3)22)13(4)26-17/h7-11H,5-6H2,1-4H3,(H,21,23). The van der Waals surface area contributed by atoms with E-state index >= 15 is 0 Å². The van der Waals surface area contributed by atoms with E-state index in [1.165, 1.54) is 6.92 Å². The number of rotatable bonds is 6. The molecule has 0 radical (unpaired) electrons. The van der Waals surface area contributed by atoms with E-state index in [0.29, 0.717) is 29.3 Å². The molecule has 138 valence electrons. The van der Waals surface area contributed by atoms with Gasteiger partial charge in [-0.1, -0.05) is 12.1 Å². The number of carbonyl (C=O) groups excluding carboxylic acids is 2. The summed E-state index contributed by atoms with van der Waals surface area (Å²) in [4.78, 5) is 22.9. The zero-order chi connectivity index (χ0) is 19.1. The number of hydrazone groups is 1. The van der Waals surface area contributed by atoms with Gasteiger partial charge in [0.1, 0.15) is 11.5 Å². The van der Waals surface area contributed by atoms with Crippen molar-refractivity contribution in [2.75, 3.05) is 13.2 Å². The number of nitrogens with one attached hydrogen (secondary N) is 1. The molecule has 1 N–H and O–H groups in total. The normalized spacial score (nSPS) is 11.2. The number of Topliss-reactive ketones (excluding diaryl/α,β-unsaturated/α-hetero) is 1. The first kappa shape index (κ1) is 19.2. The first-order valence-corrected chi connectivity index (χ1v) is 8.31. The lowest BCUT2D eigenvalue weighted by atomic mass is 10.1. The third-order valence-electron chi connectivity index (χ3n) is 3.52. The molecule has 1 aromatic heterocycles. The van der Waals surface area contributed by atoms with Gasteiger partial charge in [-0.25, -0.2) is 10.2 Å². The van der Waals surface area contributed by atoms with Crippen molar-refractivity contribution in [3.8, 4) is 11.3 Å². The van der Waals surface area contributed by atoms with E-state index in [2.05, 4.69) is 10.5 Å². The Labute approximate surface area is 152 Å². The molecule has 2 aromatic rings. The smallest absolute Gasteiger partial charge is 0.427 e. The number of ketones is 1. The van der Waals surface area contributed by atoms with Crippen molar-refractivity contribution < 1.29 is 23.5 Å². The average molecular weight is 358 g/mol. The fourth-order valence-corrected chi connectivity index (χ4v) is 2.33. The van der Waals surface area contributed by atoms with Crippen molar-refractivity contribution in [1.29, 1.82) is 0 Å². The predicted octanol–water partition coefficient (Wildman–Crippen LogP) is 3.90. The maximum Gasteiger partial charge on any atom is 0.427 e. The zero-order valence-corrected chi connectivity index (χ0v) is 15.3. The summed E-state index contributed by atoms with van der Waals surface area (Å²) in [5, 5.41) is 3.95. The molecule has 0 fully saturated rings. The molecule has 0 aliphatic heterocycles. The van der Waals surface area contributed by atoms with Crippen LogP contribution in [0.1, 0.15) is 42.5 Å². The molecule has 2 rings (SSSR count). The molecule has 0 aliphatic carbocycles. The molecule has 0 atom stereocenters. The third-order valence-corrected chi connectivity index (χ3v) is 3.52. The van der Waals surface area contributed by atoms with Crippen molar-refractivity contribution >= 4 is 17.8 Å². The Morgan fingerprint density at radius 2 is 1.77 bits per heavy atom. The van der Waals surface area contributed by atoms with Gasteiger partial charge in [0, 0.05) is 11.1 Å². The van der Waals surface area contributed by atoms with Gasteiger partial charge in [0.15, 0.2) is 5.78 Å². The molecule has 0 unspecified atom stereocenters. The number of ether oxygens (including phenoxy) is 2. The van der Waals surface area contributed by atoms with Crippen LogP contribution >= 0.6 is 0 Å². The minimum Gasteiger partial charge on any atom is -0.477 e. The van der Waals surface area contributed by atoms with Gasteiger partial charge in [0.2, 0.25) is 5.90 Å². The second-order valence-electron chi connectivity index (χ2n) is 5.40. The van der Waals surface area contributed by atoms with Gasteiger partial charge >= 0.3 is 6.09 Å².